The maximum Gasteiger partial charge on any atom is 0.335 e. The summed E-state index contributed by atoms with van der Waals surface area (Å²) in [5.74, 6) is -1.29. The second kappa shape index (κ2) is 5.68. The van der Waals surface area contributed by atoms with Crippen LogP contribution in [0.15, 0.2) is 30.9 Å². The number of benzene rings is 1. The van der Waals surface area contributed by atoms with Gasteiger partial charge in [0.1, 0.15) is 5.88 Å². The lowest BCUT2D eigenvalue weighted by atomic mass is 10.1. The highest BCUT2D eigenvalue weighted by Gasteiger charge is 2.08. The van der Waals surface area contributed by atoms with E-state index >= 15 is 0 Å². The van der Waals surface area contributed by atoms with Crippen LogP contribution in [0, 0.1) is 0 Å². The first-order valence-corrected chi connectivity index (χ1v) is 7.27. The second-order valence-electron chi connectivity index (χ2n) is 3.96. The molecule has 6 heteroatoms. The number of hydrogen-bond donors (Lipinski definition) is 2. The van der Waals surface area contributed by atoms with Crippen molar-refractivity contribution in [1.29, 1.82) is 0 Å². The average molecular weight is 269 g/mol. The molecule has 0 saturated carbocycles. The van der Waals surface area contributed by atoms with Gasteiger partial charge in [-0.15, -0.1) is 6.58 Å². The van der Waals surface area contributed by atoms with Crippen molar-refractivity contribution in [2.24, 2.45) is 0 Å². The van der Waals surface area contributed by atoms with E-state index in [1.807, 2.05) is 0 Å². The van der Waals surface area contributed by atoms with E-state index in [4.69, 9.17) is 5.11 Å². The number of carboxylic acid groups (broad SMARTS) is 1. The van der Waals surface area contributed by atoms with Crippen molar-refractivity contribution in [2.75, 3.05) is 17.4 Å². The number of carbonyl (C=O) groups is 1. The molecular weight excluding hydrogens is 254 g/mol. The van der Waals surface area contributed by atoms with Crippen LogP contribution in [-0.4, -0.2) is 31.6 Å². The van der Waals surface area contributed by atoms with Gasteiger partial charge >= 0.3 is 5.97 Å². The normalized spacial score (nSPS) is 10.9. The van der Waals surface area contributed by atoms with E-state index in [9.17, 15) is 13.2 Å². The van der Waals surface area contributed by atoms with Crippen LogP contribution in [0.4, 0.5) is 5.69 Å². The van der Waals surface area contributed by atoms with Gasteiger partial charge in [0.15, 0.2) is 9.84 Å². The number of carboxylic acids is 1. The van der Waals surface area contributed by atoms with Crippen LogP contribution in [0.2, 0.25) is 0 Å². The van der Waals surface area contributed by atoms with Gasteiger partial charge in [-0.1, -0.05) is 6.08 Å². The van der Waals surface area contributed by atoms with Gasteiger partial charge in [-0.2, -0.15) is 0 Å². The van der Waals surface area contributed by atoms with Crippen LogP contribution in [-0.2, 0) is 16.3 Å². The molecule has 1 aromatic carbocycles. The zero-order valence-corrected chi connectivity index (χ0v) is 10.8. The Morgan fingerprint density at radius 3 is 2.61 bits per heavy atom. The Bertz CT molecular complexity index is 563. The highest BCUT2D eigenvalue weighted by molar-refractivity contribution is 7.90. The first-order chi connectivity index (χ1) is 8.31. The Labute approximate surface area is 106 Å². The summed E-state index contributed by atoms with van der Waals surface area (Å²) < 4.78 is 22.1. The van der Waals surface area contributed by atoms with Crippen LogP contribution in [0.1, 0.15) is 15.9 Å². The number of allylic oxidation sites excluding steroid dienone is 1. The number of nitrogens with one attached hydrogen (secondary N) is 1. The standard InChI is InChI=1S/C12H15NO4S/c1-3-4-9-5-10(12(14)15)7-11(6-9)13-8-18(2,16)17/h3,5-7,13H,1,4,8H2,2H3,(H,14,15). The van der Waals surface area contributed by atoms with E-state index in [1.54, 1.807) is 12.1 Å². The van der Waals surface area contributed by atoms with Gasteiger partial charge in [0.25, 0.3) is 0 Å². The Kier molecular flexibility index (Phi) is 4.49. The lowest BCUT2D eigenvalue weighted by Gasteiger charge is -2.08. The Morgan fingerprint density at radius 1 is 1.44 bits per heavy atom. The summed E-state index contributed by atoms with van der Waals surface area (Å²) in [5, 5.41) is 11.7. The third-order valence-electron chi connectivity index (χ3n) is 2.16. The maximum absolute atomic E-state index is 11.0. The molecule has 0 amide bonds. The van der Waals surface area contributed by atoms with Crippen LogP contribution < -0.4 is 5.32 Å². The molecular formula is C12H15NO4S. The summed E-state index contributed by atoms with van der Waals surface area (Å²) in [6.07, 6.45) is 3.28. The van der Waals surface area contributed by atoms with Gasteiger partial charge in [0.05, 0.1) is 5.56 Å². The summed E-state index contributed by atoms with van der Waals surface area (Å²) in [6, 6.07) is 4.65. The molecule has 0 aromatic heterocycles. The predicted octanol–water partition coefficient (Wildman–Crippen LogP) is 1.53. The topological polar surface area (TPSA) is 83.5 Å². The first kappa shape index (κ1) is 14.2. The molecule has 0 atom stereocenters. The molecule has 18 heavy (non-hydrogen) atoms. The van der Waals surface area contributed by atoms with Gasteiger partial charge in [0.2, 0.25) is 0 Å². The molecule has 0 fully saturated rings. The van der Waals surface area contributed by atoms with E-state index in [-0.39, 0.29) is 11.4 Å². The highest BCUT2D eigenvalue weighted by Crippen LogP contribution is 2.16. The fourth-order valence-corrected chi connectivity index (χ4v) is 1.85. The Morgan fingerprint density at radius 2 is 2.11 bits per heavy atom. The minimum Gasteiger partial charge on any atom is -0.478 e. The third-order valence-corrected chi connectivity index (χ3v) is 2.83. The molecule has 0 aliphatic heterocycles. The van der Waals surface area contributed by atoms with Gasteiger partial charge in [-0.3, -0.25) is 0 Å². The summed E-state index contributed by atoms with van der Waals surface area (Å²) in [4.78, 5) is 10.9. The van der Waals surface area contributed by atoms with E-state index in [0.29, 0.717) is 12.1 Å². The number of anilines is 1. The van der Waals surface area contributed by atoms with Gasteiger partial charge in [-0.25, -0.2) is 13.2 Å². The molecule has 0 saturated heterocycles. The maximum atomic E-state index is 11.0. The molecule has 0 heterocycles. The third kappa shape index (κ3) is 4.58. The van der Waals surface area contributed by atoms with E-state index in [0.717, 1.165) is 11.8 Å². The van der Waals surface area contributed by atoms with Crippen LogP contribution in [0.3, 0.4) is 0 Å². The molecule has 0 unspecified atom stereocenters. The number of rotatable bonds is 6. The van der Waals surface area contributed by atoms with Crippen LogP contribution in [0.5, 0.6) is 0 Å². The second-order valence-corrected chi connectivity index (χ2v) is 6.10. The number of sulfone groups is 1. The van der Waals surface area contributed by atoms with Crippen molar-refractivity contribution in [3.05, 3.63) is 42.0 Å². The van der Waals surface area contributed by atoms with Crippen molar-refractivity contribution in [3.8, 4) is 0 Å². The van der Waals surface area contributed by atoms with E-state index in [2.05, 4.69) is 11.9 Å². The Balaban J connectivity index is 3.02. The van der Waals surface area contributed by atoms with Crippen molar-refractivity contribution in [3.63, 3.8) is 0 Å². The van der Waals surface area contributed by atoms with E-state index in [1.165, 1.54) is 12.1 Å². The zero-order valence-electron chi connectivity index (χ0n) is 10.0. The predicted molar refractivity (Wildman–Crippen MR) is 70.6 cm³/mol. The summed E-state index contributed by atoms with van der Waals surface area (Å²) in [7, 11) is -3.16. The zero-order chi connectivity index (χ0) is 13.8. The molecule has 0 aliphatic carbocycles. The molecule has 0 bridgehead atoms. The Hall–Kier alpha value is -1.82. The fraction of sp³-hybridized carbons (Fsp3) is 0.250. The van der Waals surface area contributed by atoms with Crippen molar-refractivity contribution < 1.29 is 18.3 Å². The molecule has 1 aromatic rings. The van der Waals surface area contributed by atoms with Crippen molar-refractivity contribution >= 4 is 21.5 Å². The monoisotopic (exact) mass is 269 g/mol. The van der Waals surface area contributed by atoms with Gasteiger partial charge in [0, 0.05) is 11.9 Å². The molecule has 2 N–H and O–H groups in total. The minimum absolute atomic E-state index is 0.116. The quantitative estimate of drug-likeness (QED) is 0.765. The van der Waals surface area contributed by atoms with Gasteiger partial charge in [-0.05, 0) is 30.2 Å². The summed E-state index contributed by atoms with van der Waals surface area (Å²) >= 11 is 0. The smallest absolute Gasteiger partial charge is 0.335 e. The summed E-state index contributed by atoms with van der Waals surface area (Å²) in [5.41, 5.74) is 1.35. The lowest BCUT2D eigenvalue weighted by Crippen LogP contribution is -2.13. The molecule has 98 valence electrons. The molecule has 0 aliphatic rings. The van der Waals surface area contributed by atoms with Crippen molar-refractivity contribution in [2.45, 2.75) is 6.42 Å². The number of aromatic carboxylic acids is 1. The minimum atomic E-state index is -3.16. The number of hydrogen-bond acceptors (Lipinski definition) is 4. The summed E-state index contributed by atoms with van der Waals surface area (Å²) in [6.45, 7) is 3.58. The van der Waals surface area contributed by atoms with Crippen LogP contribution in [0.25, 0.3) is 0 Å². The largest absolute Gasteiger partial charge is 0.478 e. The molecule has 0 radical (unpaired) electrons. The SMILES string of the molecule is C=CCc1cc(NCS(C)(=O)=O)cc(C(=O)O)c1. The first-order valence-electron chi connectivity index (χ1n) is 5.21. The van der Waals surface area contributed by atoms with Gasteiger partial charge < -0.3 is 10.4 Å². The molecule has 5 nitrogen and oxygen atoms in total. The van der Waals surface area contributed by atoms with Crippen LogP contribution >= 0.6 is 0 Å². The van der Waals surface area contributed by atoms with Crippen molar-refractivity contribution in [1.82, 2.24) is 0 Å². The fourth-order valence-electron chi connectivity index (χ4n) is 1.42. The molecule has 0 spiro atoms. The highest BCUT2D eigenvalue weighted by atomic mass is 32.2. The average Bonchev–Trinajstić information content (AvgIpc) is 2.25. The van der Waals surface area contributed by atoms with E-state index < -0.39 is 15.8 Å². The molecule has 1 rings (SSSR count). The lowest BCUT2D eigenvalue weighted by molar-refractivity contribution is 0.0697.